The monoisotopic (exact) mass is 366 g/mol. The minimum absolute atomic E-state index is 0.0859. The van der Waals surface area contributed by atoms with Gasteiger partial charge >= 0.3 is 0 Å². The van der Waals surface area contributed by atoms with Gasteiger partial charge in [-0.1, -0.05) is 19.1 Å². The van der Waals surface area contributed by atoms with Crippen molar-refractivity contribution in [3.05, 3.63) is 46.6 Å². The highest BCUT2D eigenvalue weighted by Gasteiger charge is 2.24. The Morgan fingerprint density at radius 1 is 1.27 bits per heavy atom. The van der Waals surface area contributed by atoms with Gasteiger partial charge in [-0.15, -0.1) is 11.3 Å². The second kappa shape index (κ2) is 7.03. The Labute approximate surface area is 157 Å². The van der Waals surface area contributed by atoms with Gasteiger partial charge in [0, 0.05) is 23.7 Å². The number of anilines is 2. The average Bonchev–Trinajstić information content (AvgIpc) is 3.28. The van der Waals surface area contributed by atoms with Crippen molar-refractivity contribution in [3.8, 4) is 0 Å². The normalized spacial score (nSPS) is 14.2. The Balaban J connectivity index is 1.75. The minimum Gasteiger partial charge on any atom is -0.356 e. The summed E-state index contributed by atoms with van der Waals surface area (Å²) in [5, 5.41) is 3.95. The Bertz CT molecular complexity index is 960. The van der Waals surface area contributed by atoms with Crippen molar-refractivity contribution in [2.24, 2.45) is 0 Å². The van der Waals surface area contributed by atoms with Crippen molar-refractivity contribution in [3.63, 3.8) is 0 Å². The second-order valence-corrected chi connectivity index (χ2v) is 7.82. The fourth-order valence-electron chi connectivity index (χ4n) is 3.53. The minimum atomic E-state index is -0.0859. The number of aromatic nitrogens is 2. The SMILES string of the molecule is CCc1cccc(NC(=O)c2c(C)sc3ncnc(N4CCCC4)c23)c1. The van der Waals surface area contributed by atoms with Crippen LogP contribution in [0.5, 0.6) is 0 Å². The lowest BCUT2D eigenvalue weighted by Gasteiger charge is -2.17. The summed E-state index contributed by atoms with van der Waals surface area (Å²) in [4.78, 5) is 26.2. The number of carbonyl (C=O) groups is 1. The highest BCUT2D eigenvalue weighted by Crippen LogP contribution is 2.36. The van der Waals surface area contributed by atoms with E-state index >= 15 is 0 Å². The van der Waals surface area contributed by atoms with Crippen LogP contribution in [0.25, 0.3) is 10.2 Å². The van der Waals surface area contributed by atoms with Gasteiger partial charge in [0.25, 0.3) is 5.91 Å². The molecule has 0 unspecified atom stereocenters. The third-order valence-corrected chi connectivity index (χ3v) is 5.88. The Hall–Kier alpha value is -2.47. The summed E-state index contributed by atoms with van der Waals surface area (Å²) in [5.41, 5.74) is 2.73. The predicted octanol–water partition coefficient (Wildman–Crippen LogP) is 4.41. The summed E-state index contributed by atoms with van der Waals surface area (Å²) in [6, 6.07) is 8.00. The summed E-state index contributed by atoms with van der Waals surface area (Å²) in [6.45, 7) is 6.07. The fraction of sp³-hybridized carbons (Fsp3) is 0.350. The van der Waals surface area contributed by atoms with Crippen LogP contribution in [-0.4, -0.2) is 29.0 Å². The Kier molecular flexibility index (Phi) is 4.59. The summed E-state index contributed by atoms with van der Waals surface area (Å²) in [7, 11) is 0. The molecule has 4 rings (SSSR count). The molecular weight excluding hydrogens is 344 g/mol. The van der Waals surface area contributed by atoms with E-state index in [2.05, 4.69) is 33.2 Å². The summed E-state index contributed by atoms with van der Waals surface area (Å²) < 4.78 is 0. The van der Waals surface area contributed by atoms with Crippen LogP contribution in [-0.2, 0) is 6.42 Å². The van der Waals surface area contributed by atoms with Crippen LogP contribution in [0, 0.1) is 6.92 Å². The second-order valence-electron chi connectivity index (χ2n) is 6.61. The van der Waals surface area contributed by atoms with Crippen LogP contribution >= 0.6 is 11.3 Å². The predicted molar refractivity (Wildman–Crippen MR) is 107 cm³/mol. The average molecular weight is 366 g/mol. The molecule has 1 amide bonds. The van der Waals surface area contributed by atoms with Crippen LogP contribution in [0.3, 0.4) is 0 Å². The molecule has 134 valence electrons. The number of benzene rings is 1. The van der Waals surface area contributed by atoms with Gasteiger partial charge in [-0.25, -0.2) is 9.97 Å². The number of hydrogen-bond acceptors (Lipinski definition) is 5. The molecule has 0 saturated carbocycles. The molecule has 6 heteroatoms. The number of nitrogens with zero attached hydrogens (tertiary/aromatic N) is 3. The zero-order valence-corrected chi connectivity index (χ0v) is 15.9. The summed E-state index contributed by atoms with van der Waals surface area (Å²) in [6.07, 6.45) is 4.88. The molecule has 2 aromatic heterocycles. The van der Waals surface area contributed by atoms with Gasteiger partial charge in [0.1, 0.15) is 17.0 Å². The molecule has 1 aliphatic rings. The van der Waals surface area contributed by atoms with E-state index in [0.717, 1.165) is 46.1 Å². The quantitative estimate of drug-likeness (QED) is 0.743. The van der Waals surface area contributed by atoms with E-state index in [0.29, 0.717) is 5.56 Å². The van der Waals surface area contributed by atoms with Crippen molar-refractivity contribution < 1.29 is 4.79 Å². The molecule has 0 atom stereocenters. The first-order valence-corrected chi connectivity index (χ1v) is 9.88. The number of fused-ring (bicyclic) bond motifs is 1. The number of aryl methyl sites for hydroxylation is 2. The van der Waals surface area contributed by atoms with Crippen LogP contribution in [0.2, 0.25) is 0 Å². The van der Waals surface area contributed by atoms with Crippen LogP contribution < -0.4 is 10.2 Å². The summed E-state index contributed by atoms with van der Waals surface area (Å²) >= 11 is 1.56. The largest absolute Gasteiger partial charge is 0.356 e. The molecule has 3 heterocycles. The molecule has 0 bridgehead atoms. The van der Waals surface area contributed by atoms with E-state index in [1.807, 2.05) is 25.1 Å². The lowest BCUT2D eigenvalue weighted by Crippen LogP contribution is -2.20. The molecule has 1 aromatic carbocycles. The zero-order chi connectivity index (χ0) is 18.1. The molecule has 3 aromatic rings. The van der Waals surface area contributed by atoms with Crippen LogP contribution in [0.15, 0.2) is 30.6 Å². The van der Waals surface area contributed by atoms with E-state index < -0.39 is 0 Å². The van der Waals surface area contributed by atoms with Crippen molar-refractivity contribution in [1.29, 1.82) is 0 Å². The third kappa shape index (κ3) is 3.05. The molecule has 1 saturated heterocycles. The Morgan fingerprint density at radius 3 is 2.85 bits per heavy atom. The highest BCUT2D eigenvalue weighted by atomic mass is 32.1. The molecule has 1 fully saturated rings. The van der Waals surface area contributed by atoms with Gasteiger partial charge in [-0.2, -0.15) is 0 Å². The van der Waals surface area contributed by atoms with Gasteiger partial charge in [-0.3, -0.25) is 4.79 Å². The van der Waals surface area contributed by atoms with E-state index in [1.165, 1.54) is 18.4 Å². The van der Waals surface area contributed by atoms with Crippen molar-refractivity contribution >= 4 is 39.0 Å². The van der Waals surface area contributed by atoms with E-state index in [4.69, 9.17) is 0 Å². The van der Waals surface area contributed by atoms with Crippen LogP contribution in [0.4, 0.5) is 11.5 Å². The van der Waals surface area contributed by atoms with Crippen LogP contribution in [0.1, 0.15) is 40.6 Å². The fourth-order valence-corrected chi connectivity index (χ4v) is 4.52. The van der Waals surface area contributed by atoms with Gasteiger partial charge in [-0.05, 0) is 43.9 Å². The van der Waals surface area contributed by atoms with Crippen molar-refractivity contribution in [2.75, 3.05) is 23.3 Å². The molecule has 1 aliphatic heterocycles. The number of thiophene rings is 1. The number of carbonyl (C=O) groups excluding carboxylic acids is 1. The molecule has 0 aliphatic carbocycles. The lowest BCUT2D eigenvalue weighted by molar-refractivity contribution is 0.102. The summed E-state index contributed by atoms with van der Waals surface area (Å²) in [5.74, 6) is 0.807. The maximum atomic E-state index is 13.1. The van der Waals surface area contributed by atoms with Gasteiger partial charge in [0.2, 0.25) is 0 Å². The zero-order valence-electron chi connectivity index (χ0n) is 15.1. The van der Waals surface area contributed by atoms with Gasteiger partial charge in [0.05, 0.1) is 10.9 Å². The number of nitrogens with one attached hydrogen (secondary N) is 1. The van der Waals surface area contributed by atoms with E-state index in [-0.39, 0.29) is 5.91 Å². The topological polar surface area (TPSA) is 58.1 Å². The number of hydrogen-bond donors (Lipinski definition) is 1. The number of rotatable bonds is 4. The first-order chi connectivity index (χ1) is 12.7. The molecule has 0 spiro atoms. The number of amides is 1. The van der Waals surface area contributed by atoms with Crippen molar-refractivity contribution in [1.82, 2.24) is 9.97 Å². The first-order valence-electron chi connectivity index (χ1n) is 9.06. The third-order valence-electron chi connectivity index (χ3n) is 4.87. The molecule has 26 heavy (non-hydrogen) atoms. The Morgan fingerprint density at radius 2 is 2.08 bits per heavy atom. The van der Waals surface area contributed by atoms with Gasteiger partial charge in [0.15, 0.2) is 0 Å². The molecule has 1 N–H and O–H groups in total. The van der Waals surface area contributed by atoms with E-state index in [9.17, 15) is 4.79 Å². The smallest absolute Gasteiger partial charge is 0.257 e. The lowest BCUT2D eigenvalue weighted by atomic mass is 10.1. The first kappa shape index (κ1) is 17.0. The maximum absolute atomic E-state index is 13.1. The van der Waals surface area contributed by atoms with Crippen molar-refractivity contribution in [2.45, 2.75) is 33.1 Å². The standard InChI is InChI=1S/C20H22N4OS/c1-3-14-7-6-8-15(11-14)23-19(25)16-13(2)26-20-17(16)18(21-12-22-20)24-9-4-5-10-24/h6-8,11-12H,3-5,9-10H2,1-2H3,(H,23,25). The van der Waals surface area contributed by atoms with Gasteiger partial charge < -0.3 is 10.2 Å². The molecule has 0 radical (unpaired) electrons. The van der Waals surface area contributed by atoms with E-state index in [1.54, 1.807) is 17.7 Å². The molecular formula is C20H22N4OS. The highest BCUT2D eigenvalue weighted by molar-refractivity contribution is 7.19. The molecule has 5 nitrogen and oxygen atoms in total. The maximum Gasteiger partial charge on any atom is 0.257 e.